The van der Waals surface area contributed by atoms with Gasteiger partial charge in [-0.2, -0.15) is 0 Å². The summed E-state index contributed by atoms with van der Waals surface area (Å²) in [6.07, 6.45) is 13.9. The lowest BCUT2D eigenvalue weighted by molar-refractivity contribution is -0.265. The highest BCUT2D eigenvalue weighted by molar-refractivity contribution is 6.39. The number of carbonyl (C=O) groups is 5. The summed E-state index contributed by atoms with van der Waals surface area (Å²) in [4.78, 5) is 72.3. The van der Waals surface area contributed by atoms with Crippen LogP contribution in [0.1, 0.15) is 132 Å². The molecule has 3 fully saturated rings. The van der Waals surface area contributed by atoms with E-state index in [0.717, 1.165) is 18.4 Å². The summed E-state index contributed by atoms with van der Waals surface area (Å²) in [6, 6.07) is -1.19. The number of carbonyl (C=O) groups excluding carboxylic acids is 5. The van der Waals surface area contributed by atoms with Gasteiger partial charge in [0.15, 0.2) is 5.78 Å². The Kier molecular flexibility index (Phi) is 20.8. The van der Waals surface area contributed by atoms with Crippen molar-refractivity contribution in [3.63, 3.8) is 0 Å². The highest BCUT2D eigenvalue weighted by Gasteiger charge is 2.53. The van der Waals surface area contributed by atoms with Gasteiger partial charge in [0.1, 0.15) is 36.5 Å². The number of fused-ring (bicyclic) bond motifs is 3. The molecule has 1 aromatic heterocycles. The summed E-state index contributed by atoms with van der Waals surface area (Å²) in [6.45, 7) is 12.8. The Balaban J connectivity index is 1.46. The molecular weight excluding hydrogens is 887 g/mol. The quantitative estimate of drug-likeness (QED) is 0.181. The number of aromatic nitrogens is 4. The molecule has 1 aromatic rings. The number of esters is 1. The number of nitrogens with zero attached hydrogens (tertiary/aromatic N) is 5. The third-order valence-corrected chi connectivity index (χ3v) is 15.2. The number of ether oxygens (including phenoxy) is 5. The van der Waals surface area contributed by atoms with Crippen LogP contribution in [-0.4, -0.2) is 141 Å². The van der Waals surface area contributed by atoms with Crippen LogP contribution in [0.4, 0.5) is 0 Å². The van der Waals surface area contributed by atoms with E-state index in [1.165, 1.54) is 12.0 Å². The fourth-order valence-corrected chi connectivity index (χ4v) is 10.7. The fraction of sp³-hybridized carbons (Fsp3) is 0.731. The lowest BCUT2D eigenvalue weighted by Crippen LogP contribution is -2.61. The van der Waals surface area contributed by atoms with Gasteiger partial charge < -0.3 is 38.8 Å². The van der Waals surface area contributed by atoms with E-state index < -0.39 is 77.8 Å². The number of Topliss-reactive ketones (excluding diaryl/α,β-unsaturated/α-hetero) is 3. The van der Waals surface area contributed by atoms with Crippen molar-refractivity contribution >= 4 is 29.2 Å². The number of aliphatic hydroxyl groups is 2. The number of aliphatic hydroxyl groups excluding tert-OH is 1. The standard InChI is InChI=1S/C52H79N5O12/c1-31-16-12-11-13-17-32(2)43(65-8)28-39-21-19-37(7)52(64,69-39)49(61)50(62)56-23-15-14-18-41(56)51(63)68-44(34(4)26-38-20-22-40(45(27-38)66-9)57-30-53-54-55-57)29-42(58)33(3)25-36(6)47(60)48(67-10)46(59)35(5)24-31/h11-13,16-17,25,30-31,33-35,37-41,43-45,47-48,60,64H,14-15,18-24,26-29H2,1-10H3/b13-11+,16-12+,32-17-,36-25+/t31-,33+,34+,35-,37-,38-,39+,40-,41+,43+,44-,45+,47-,48+,52+/m0/s1. The number of piperidine rings is 1. The number of hydrogen-bond donors (Lipinski definition) is 2. The van der Waals surface area contributed by atoms with Gasteiger partial charge in [-0.25, -0.2) is 9.48 Å². The summed E-state index contributed by atoms with van der Waals surface area (Å²) in [5.41, 5.74) is 1.27. The van der Waals surface area contributed by atoms with Gasteiger partial charge in [-0.05, 0) is 117 Å². The van der Waals surface area contributed by atoms with Gasteiger partial charge >= 0.3 is 5.97 Å². The first-order valence-electron chi connectivity index (χ1n) is 25.0. The minimum atomic E-state index is -2.43. The van der Waals surface area contributed by atoms with Crippen LogP contribution in [0.25, 0.3) is 0 Å². The molecule has 4 heterocycles. The third kappa shape index (κ3) is 14.2. The summed E-state index contributed by atoms with van der Waals surface area (Å²) in [5, 5.41) is 35.2. The Morgan fingerprint density at radius 3 is 2.32 bits per heavy atom. The molecule has 0 radical (unpaired) electrons. The van der Waals surface area contributed by atoms with E-state index in [1.807, 2.05) is 58.1 Å². The normalized spacial score (nSPS) is 38.8. The molecule has 2 saturated heterocycles. The number of hydrogen-bond acceptors (Lipinski definition) is 15. The molecule has 17 nitrogen and oxygen atoms in total. The van der Waals surface area contributed by atoms with Gasteiger partial charge in [0, 0.05) is 58.5 Å². The number of cyclic esters (lactones) is 1. The zero-order valence-electron chi connectivity index (χ0n) is 42.5. The number of tetrazole rings is 1. The van der Waals surface area contributed by atoms with Crippen LogP contribution in [0.5, 0.6) is 0 Å². The SMILES string of the molecule is CO[C@@H]1C(=O)[C@@H](C)C[C@@H](C)/C=C/C=C/C=C(/C)[C@H](OC)C[C@H]2CC[C@H](C)[C@@](O)(O2)C(=O)C(=O)N2CCCC[C@@H]2C(=O)O[C@H]([C@H](C)C[C@@H]2CC[C@H](n3cnnn3)[C@H](OC)C2)CC(=O)[C@H](C)/C=C(\C)[C@@H]1O. The Hall–Kier alpha value is -4.26. The predicted molar refractivity (Wildman–Crippen MR) is 256 cm³/mol. The number of ketones is 3. The highest BCUT2D eigenvalue weighted by atomic mass is 16.6. The van der Waals surface area contributed by atoms with Gasteiger partial charge in [0.2, 0.25) is 5.79 Å². The van der Waals surface area contributed by atoms with Gasteiger partial charge in [-0.3, -0.25) is 19.2 Å². The largest absolute Gasteiger partial charge is 0.460 e. The van der Waals surface area contributed by atoms with Gasteiger partial charge in [-0.15, -0.1) is 5.10 Å². The van der Waals surface area contributed by atoms with Crippen molar-refractivity contribution in [2.24, 2.45) is 35.5 Å². The topological polar surface area (TPSA) is 219 Å². The molecule has 2 bridgehead atoms. The van der Waals surface area contributed by atoms with Crippen molar-refractivity contribution < 1.29 is 57.9 Å². The van der Waals surface area contributed by atoms with E-state index in [9.17, 15) is 34.2 Å². The van der Waals surface area contributed by atoms with Gasteiger partial charge in [0.25, 0.3) is 11.7 Å². The third-order valence-electron chi connectivity index (χ3n) is 15.2. The van der Waals surface area contributed by atoms with Gasteiger partial charge in [-0.1, -0.05) is 71.1 Å². The number of allylic oxidation sites excluding steroid dienone is 6. The van der Waals surface area contributed by atoms with Crippen LogP contribution in [-0.2, 0) is 47.7 Å². The maximum Gasteiger partial charge on any atom is 0.329 e. The lowest BCUT2D eigenvalue weighted by Gasteiger charge is -2.42. The summed E-state index contributed by atoms with van der Waals surface area (Å²) >= 11 is 0. The molecule has 1 aliphatic carbocycles. The van der Waals surface area contributed by atoms with Crippen molar-refractivity contribution in [2.75, 3.05) is 27.9 Å². The van der Waals surface area contributed by atoms with Crippen LogP contribution < -0.4 is 0 Å². The number of amides is 1. The van der Waals surface area contributed by atoms with Crippen molar-refractivity contribution in [1.29, 1.82) is 0 Å². The van der Waals surface area contributed by atoms with Crippen molar-refractivity contribution in [2.45, 2.75) is 180 Å². The molecule has 1 saturated carbocycles. The van der Waals surface area contributed by atoms with Crippen LogP contribution in [0.2, 0.25) is 0 Å². The minimum Gasteiger partial charge on any atom is -0.460 e. The molecule has 15 atom stereocenters. The zero-order valence-corrected chi connectivity index (χ0v) is 42.5. The van der Waals surface area contributed by atoms with Crippen LogP contribution in [0.15, 0.2) is 53.9 Å². The molecule has 2 N–H and O–H groups in total. The molecule has 4 aliphatic rings. The van der Waals surface area contributed by atoms with E-state index >= 15 is 0 Å². The highest BCUT2D eigenvalue weighted by Crippen LogP contribution is 2.39. The van der Waals surface area contributed by atoms with Crippen LogP contribution >= 0.6 is 0 Å². The molecule has 3 aliphatic heterocycles. The molecule has 5 rings (SSSR count). The van der Waals surface area contributed by atoms with E-state index in [1.54, 1.807) is 52.1 Å². The number of methoxy groups -OCH3 is 3. The Morgan fingerprint density at radius 2 is 1.64 bits per heavy atom. The Labute approximate surface area is 408 Å². The molecule has 1 amide bonds. The van der Waals surface area contributed by atoms with Crippen molar-refractivity contribution in [3.05, 3.63) is 53.9 Å². The molecule has 69 heavy (non-hydrogen) atoms. The first kappa shape index (κ1) is 55.7. The average molecular weight is 966 g/mol. The second-order valence-electron chi connectivity index (χ2n) is 20.4. The number of rotatable bonds is 7. The van der Waals surface area contributed by atoms with E-state index in [0.29, 0.717) is 56.9 Å². The van der Waals surface area contributed by atoms with Crippen molar-refractivity contribution in [3.8, 4) is 0 Å². The van der Waals surface area contributed by atoms with Crippen LogP contribution in [0.3, 0.4) is 0 Å². The Bertz CT molecular complexity index is 2020. The predicted octanol–water partition coefficient (Wildman–Crippen LogP) is 6.05. The first-order chi connectivity index (χ1) is 32.8. The molecule has 0 aromatic carbocycles. The fourth-order valence-electron chi connectivity index (χ4n) is 10.7. The monoisotopic (exact) mass is 966 g/mol. The minimum absolute atomic E-state index is 0.0170. The molecule has 17 heteroatoms. The molecule has 0 spiro atoms. The summed E-state index contributed by atoms with van der Waals surface area (Å²) < 4.78 is 31.6. The maximum atomic E-state index is 14.5. The summed E-state index contributed by atoms with van der Waals surface area (Å²) in [5.74, 6) is -7.92. The zero-order chi connectivity index (χ0) is 50.6. The van der Waals surface area contributed by atoms with E-state index in [-0.39, 0.29) is 60.9 Å². The molecular formula is C52H79N5O12. The Morgan fingerprint density at radius 1 is 0.884 bits per heavy atom. The van der Waals surface area contributed by atoms with Crippen LogP contribution in [0, 0.1) is 35.5 Å². The van der Waals surface area contributed by atoms with Crippen molar-refractivity contribution in [1.82, 2.24) is 25.1 Å². The summed E-state index contributed by atoms with van der Waals surface area (Å²) in [7, 11) is 4.62. The molecule has 384 valence electrons. The smallest absolute Gasteiger partial charge is 0.329 e. The molecule has 0 unspecified atom stereocenters. The maximum absolute atomic E-state index is 14.5. The first-order valence-corrected chi connectivity index (χ1v) is 25.0. The van der Waals surface area contributed by atoms with E-state index in [2.05, 4.69) is 15.5 Å². The van der Waals surface area contributed by atoms with Gasteiger partial charge in [0.05, 0.1) is 24.4 Å². The average Bonchev–Trinajstić information content (AvgIpc) is 3.88. The second kappa shape index (κ2) is 25.7. The lowest BCUT2D eigenvalue weighted by atomic mass is 9.77. The second-order valence-corrected chi connectivity index (χ2v) is 20.4. The van der Waals surface area contributed by atoms with E-state index in [4.69, 9.17) is 23.7 Å².